The topological polar surface area (TPSA) is 96.2 Å². The van der Waals surface area contributed by atoms with Gasteiger partial charge in [0.25, 0.3) is 0 Å². The molecule has 1 amide bonds. The summed E-state index contributed by atoms with van der Waals surface area (Å²) in [6.45, 7) is 6.48. The van der Waals surface area contributed by atoms with E-state index in [1.54, 1.807) is 6.20 Å². The van der Waals surface area contributed by atoms with E-state index in [9.17, 15) is 4.79 Å². The molecule has 6 heteroatoms. The van der Waals surface area contributed by atoms with E-state index in [4.69, 9.17) is 5.73 Å². The molecule has 2 aromatic heterocycles. The van der Waals surface area contributed by atoms with E-state index in [2.05, 4.69) is 34.1 Å². The van der Waals surface area contributed by atoms with E-state index in [0.29, 0.717) is 23.4 Å². The van der Waals surface area contributed by atoms with Crippen LogP contribution in [0.15, 0.2) is 23.5 Å². The molecule has 0 radical (unpaired) electrons. The summed E-state index contributed by atoms with van der Waals surface area (Å²) in [5.74, 6) is 1.57. The van der Waals surface area contributed by atoms with Gasteiger partial charge >= 0.3 is 0 Å². The van der Waals surface area contributed by atoms with Crippen LogP contribution in [0.3, 0.4) is 0 Å². The predicted molar refractivity (Wildman–Crippen MR) is 101 cm³/mol. The second-order valence-electron chi connectivity index (χ2n) is 7.47. The third kappa shape index (κ3) is 4.18. The lowest BCUT2D eigenvalue weighted by Crippen LogP contribution is -2.41. The van der Waals surface area contributed by atoms with Gasteiger partial charge in [0, 0.05) is 17.6 Å². The molecular weight excluding hydrogens is 314 g/mol. The molecule has 25 heavy (non-hydrogen) atoms. The Morgan fingerprint density at radius 1 is 1.36 bits per heavy atom. The van der Waals surface area contributed by atoms with Gasteiger partial charge in [0.1, 0.15) is 11.5 Å². The molecule has 0 spiro atoms. The Bertz CT molecular complexity index is 784. The van der Waals surface area contributed by atoms with Crippen molar-refractivity contribution in [2.45, 2.75) is 52.5 Å². The SMILES string of the molecule is Cc1c(N=C(N)CC(=O)NC2CC(C)CC(C)C2)cnc2[nH]ccc12. The first-order valence-corrected chi connectivity index (χ1v) is 8.97. The maximum absolute atomic E-state index is 12.3. The lowest BCUT2D eigenvalue weighted by atomic mass is 9.80. The highest BCUT2D eigenvalue weighted by Crippen LogP contribution is 2.28. The van der Waals surface area contributed by atoms with Crippen molar-refractivity contribution in [3.05, 3.63) is 24.0 Å². The molecule has 0 aliphatic heterocycles. The van der Waals surface area contributed by atoms with Crippen LogP contribution < -0.4 is 11.1 Å². The van der Waals surface area contributed by atoms with Gasteiger partial charge in [-0.3, -0.25) is 4.79 Å². The molecule has 4 N–H and O–H groups in total. The van der Waals surface area contributed by atoms with Crippen LogP contribution in [0.5, 0.6) is 0 Å². The van der Waals surface area contributed by atoms with Crippen molar-refractivity contribution >= 4 is 28.5 Å². The first kappa shape index (κ1) is 17.5. The number of aromatic nitrogens is 2. The summed E-state index contributed by atoms with van der Waals surface area (Å²) < 4.78 is 0. The third-order valence-corrected chi connectivity index (χ3v) is 4.98. The Balaban J connectivity index is 1.64. The number of carbonyl (C=O) groups excluding carboxylic acids is 1. The number of aryl methyl sites for hydroxylation is 1. The quantitative estimate of drug-likeness (QED) is 0.588. The molecule has 6 nitrogen and oxygen atoms in total. The smallest absolute Gasteiger partial charge is 0.227 e. The number of hydrogen-bond acceptors (Lipinski definition) is 3. The molecule has 0 saturated heterocycles. The number of aromatic amines is 1. The number of nitrogens with two attached hydrogens (primary N) is 1. The first-order chi connectivity index (χ1) is 11.9. The maximum atomic E-state index is 12.3. The van der Waals surface area contributed by atoms with Crippen LogP contribution in [0.1, 0.15) is 45.1 Å². The Morgan fingerprint density at radius 3 is 2.80 bits per heavy atom. The van der Waals surface area contributed by atoms with E-state index in [0.717, 1.165) is 29.4 Å². The number of pyridine rings is 1. The summed E-state index contributed by atoms with van der Waals surface area (Å²) in [5, 5.41) is 4.13. The normalized spacial score (nSPS) is 24.4. The molecule has 2 unspecified atom stereocenters. The largest absolute Gasteiger partial charge is 0.387 e. The molecule has 2 atom stereocenters. The van der Waals surface area contributed by atoms with E-state index in [-0.39, 0.29) is 18.4 Å². The van der Waals surface area contributed by atoms with Crippen LogP contribution in [-0.4, -0.2) is 27.8 Å². The summed E-state index contributed by atoms with van der Waals surface area (Å²) in [4.78, 5) is 24.1. The van der Waals surface area contributed by atoms with E-state index < -0.39 is 0 Å². The van der Waals surface area contributed by atoms with Gasteiger partial charge in [0.15, 0.2) is 0 Å². The number of amides is 1. The molecule has 1 aliphatic carbocycles. The fourth-order valence-corrected chi connectivity index (χ4v) is 3.95. The number of H-pyrrole nitrogens is 1. The summed E-state index contributed by atoms with van der Waals surface area (Å²) in [5.41, 5.74) is 8.55. The minimum absolute atomic E-state index is 0.0547. The van der Waals surface area contributed by atoms with Gasteiger partial charge in [-0.15, -0.1) is 0 Å². The molecule has 134 valence electrons. The highest BCUT2D eigenvalue weighted by molar-refractivity contribution is 6.00. The lowest BCUT2D eigenvalue weighted by molar-refractivity contribution is -0.121. The summed E-state index contributed by atoms with van der Waals surface area (Å²) in [7, 11) is 0. The third-order valence-electron chi connectivity index (χ3n) is 4.98. The predicted octanol–water partition coefficient (Wildman–Crippen LogP) is 3.19. The molecule has 0 bridgehead atoms. The van der Waals surface area contributed by atoms with Crippen LogP contribution in [0.25, 0.3) is 11.0 Å². The number of carbonyl (C=O) groups is 1. The molecular formula is C19H27N5O. The summed E-state index contributed by atoms with van der Waals surface area (Å²) >= 11 is 0. The van der Waals surface area contributed by atoms with Crippen LogP contribution in [0.2, 0.25) is 0 Å². The van der Waals surface area contributed by atoms with Gasteiger partial charge < -0.3 is 16.0 Å². The number of fused-ring (bicyclic) bond motifs is 1. The van der Waals surface area contributed by atoms with E-state index >= 15 is 0 Å². The standard InChI is InChI=1S/C19H27N5O/c1-11-6-12(2)8-14(7-11)23-18(25)9-17(20)24-16-10-22-19-15(13(16)3)4-5-21-19/h4-5,10-12,14H,6-9H2,1-3H3,(H2,20,24)(H,21,22)(H,23,25). The number of nitrogens with one attached hydrogen (secondary N) is 2. The zero-order chi connectivity index (χ0) is 18.0. The zero-order valence-electron chi connectivity index (χ0n) is 15.2. The van der Waals surface area contributed by atoms with E-state index in [1.165, 1.54) is 6.42 Å². The number of aliphatic imine (C=N–C) groups is 1. The molecule has 3 rings (SSSR count). The van der Waals surface area contributed by atoms with Gasteiger partial charge in [-0.25, -0.2) is 9.98 Å². The van der Waals surface area contributed by atoms with Gasteiger partial charge in [0.05, 0.1) is 18.3 Å². The number of nitrogens with zero attached hydrogens (tertiary/aromatic N) is 2. The van der Waals surface area contributed by atoms with Gasteiger partial charge in [-0.1, -0.05) is 13.8 Å². The summed E-state index contributed by atoms with van der Waals surface area (Å²) in [6.07, 6.45) is 6.97. The van der Waals surface area contributed by atoms with Crippen molar-refractivity contribution in [1.82, 2.24) is 15.3 Å². The van der Waals surface area contributed by atoms with Gasteiger partial charge in [0.2, 0.25) is 5.91 Å². The summed E-state index contributed by atoms with van der Waals surface area (Å²) in [6, 6.07) is 2.21. The van der Waals surface area contributed by atoms with Crippen molar-refractivity contribution in [3.63, 3.8) is 0 Å². The minimum atomic E-state index is -0.0547. The highest BCUT2D eigenvalue weighted by Gasteiger charge is 2.25. The lowest BCUT2D eigenvalue weighted by Gasteiger charge is -2.31. The second-order valence-corrected chi connectivity index (χ2v) is 7.47. The van der Waals surface area contributed by atoms with Crippen LogP contribution in [-0.2, 0) is 4.79 Å². The van der Waals surface area contributed by atoms with Crippen molar-refractivity contribution in [2.24, 2.45) is 22.6 Å². The molecule has 0 aromatic carbocycles. The Hall–Kier alpha value is -2.37. The fraction of sp³-hybridized carbons (Fsp3) is 0.526. The van der Waals surface area contributed by atoms with Crippen molar-refractivity contribution in [2.75, 3.05) is 0 Å². The van der Waals surface area contributed by atoms with Crippen molar-refractivity contribution < 1.29 is 4.79 Å². The monoisotopic (exact) mass is 341 g/mol. The zero-order valence-corrected chi connectivity index (χ0v) is 15.2. The van der Waals surface area contributed by atoms with Crippen molar-refractivity contribution in [3.8, 4) is 0 Å². The Kier molecular flexibility index (Phi) is 5.06. The van der Waals surface area contributed by atoms with Gasteiger partial charge in [-0.2, -0.15) is 0 Å². The van der Waals surface area contributed by atoms with Crippen LogP contribution >= 0.6 is 0 Å². The average Bonchev–Trinajstić information content (AvgIpc) is 2.98. The van der Waals surface area contributed by atoms with Crippen LogP contribution in [0.4, 0.5) is 5.69 Å². The second kappa shape index (κ2) is 7.25. The molecule has 1 saturated carbocycles. The molecule has 1 fully saturated rings. The Morgan fingerprint density at radius 2 is 2.08 bits per heavy atom. The Labute approximate surface area is 148 Å². The maximum Gasteiger partial charge on any atom is 0.227 e. The number of rotatable bonds is 4. The number of amidine groups is 1. The van der Waals surface area contributed by atoms with E-state index in [1.807, 2.05) is 19.2 Å². The van der Waals surface area contributed by atoms with Crippen molar-refractivity contribution in [1.29, 1.82) is 0 Å². The minimum Gasteiger partial charge on any atom is -0.387 e. The van der Waals surface area contributed by atoms with Crippen LogP contribution in [0, 0.1) is 18.8 Å². The number of hydrogen-bond donors (Lipinski definition) is 3. The highest BCUT2D eigenvalue weighted by atomic mass is 16.1. The molecule has 2 heterocycles. The van der Waals surface area contributed by atoms with Gasteiger partial charge in [-0.05, 0) is 49.7 Å². The fourth-order valence-electron chi connectivity index (χ4n) is 3.95. The molecule has 2 aromatic rings. The average molecular weight is 341 g/mol. The molecule has 1 aliphatic rings. The first-order valence-electron chi connectivity index (χ1n) is 8.97.